The number of fused-ring (bicyclic) bond motifs is 1. The lowest BCUT2D eigenvalue weighted by atomic mass is 10.1. The Hall–Kier alpha value is -1.41. The first-order valence-corrected chi connectivity index (χ1v) is 9.77. The fraction of sp³-hybridized carbons (Fsp3) is 0.524. The summed E-state index contributed by atoms with van der Waals surface area (Å²) in [4.78, 5) is 9.14. The molecule has 0 spiro atoms. The van der Waals surface area contributed by atoms with Crippen molar-refractivity contribution in [1.82, 2.24) is 15.6 Å². The average molecular weight is 484 g/mol. The Labute approximate surface area is 180 Å². The molecule has 0 atom stereocenters. The third-order valence-electron chi connectivity index (χ3n) is 4.11. The third kappa shape index (κ3) is 8.88. The van der Waals surface area contributed by atoms with Gasteiger partial charge in [-0.1, -0.05) is 37.6 Å². The van der Waals surface area contributed by atoms with Gasteiger partial charge < -0.3 is 15.4 Å². The molecule has 2 N–H and O–H groups in total. The normalized spacial score (nSPS) is 11.3. The minimum atomic E-state index is 0. The number of guanidine groups is 1. The van der Waals surface area contributed by atoms with E-state index in [1.807, 2.05) is 12.3 Å². The fourth-order valence-corrected chi connectivity index (χ4v) is 2.73. The summed E-state index contributed by atoms with van der Waals surface area (Å²) in [5.41, 5.74) is 2.35. The van der Waals surface area contributed by atoms with Gasteiger partial charge in [0.2, 0.25) is 0 Å². The van der Waals surface area contributed by atoms with E-state index in [-0.39, 0.29) is 24.0 Å². The maximum Gasteiger partial charge on any atom is 0.191 e. The summed E-state index contributed by atoms with van der Waals surface area (Å²) < 4.78 is 5.58. The number of benzene rings is 1. The van der Waals surface area contributed by atoms with Crippen LogP contribution in [0.15, 0.2) is 41.5 Å². The van der Waals surface area contributed by atoms with Crippen molar-refractivity contribution in [3.05, 3.63) is 42.1 Å². The highest BCUT2D eigenvalue weighted by atomic mass is 127. The topological polar surface area (TPSA) is 58.5 Å². The van der Waals surface area contributed by atoms with Gasteiger partial charge in [0.25, 0.3) is 0 Å². The summed E-state index contributed by atoms with van der Waals surface area (Å²) in [7, 11) is 0. The van der Waals surface area contributed by atoms with Crippen LogP contribution in [0.2, 0.25) is 0 Å². The number of halogens is 1. The Bertz CT molecular complexity index is 673. The molecule has 1 heterocycles. The standard InChI is InChI=1S/C21H32N4O.HI/c1-3-5-16-26-17-8-14-24-21(22-4-2)25-15-12-19-10-6-9-18-11-7-13-23-20(18)19;/h6-7,9-11,13H,3-5,8,12,14-17H2,1-2H3,(H2,22,24,25);1H. The molecule has 1 aromatic heterocycles. The number of hydrogen-bond donors (Lipinski definition) is 2. The highest BCUT2D eigenvalue weighted by Gasteiger charge is 2.02. The molecule has 2 rings (SSSR count). The molecule has 0 saturated carbocycles. The van der Waals surface area contributed by atoms with Gasteiger partial charge in [-0.3, -0.25) is 9.98 Å². The van der Waals surface area contributed by atoms with E-state index in [1.165, 1.54) is 17.4 Å². The Balaban J connectivity index is 0.00000364. The largest absolute Gasteiger partial charge is 0.381 e. The van der Waals surface area contributed by atoms with E-state index in [4.69, 9.17) is 4.74 Å². The summed E-state index contributed by atoms with van der Waals surface area (Å²) in [6, 6.07) is 10.4. The number of para-hydroxylation sites is 1. The summed E-state index contributed by atoms with van der Waals surface area (Å²) in [5, 5.41) is 7.90. The highest BCUT2D eigenvalue weighted by Crippen LogP contribution is 2.15. The van der Waals surface area contributed by atoms with Crippen molar-refractivity contribution in [2.24, 2.45) is 4.99 Å². The van der Waals surface area contributed by atoms with Crippen LogP contribution in [0.5, 0.6) is 0 Å². The van der Waals surface area contributed by atoms with Crippen LogP contribution >= 0.6 is 24.0 Å². The van der Waals surface area contributed by atoms with Crippen molar-refractivity contribution in [1.29, 1.82) is 0 Å². The number of aromatic nitrogens is 1. The van der Waals surface area contributed by atoms with Gasteiger partial charge in [-0.15, -0.1) is 24.0 Å². The van der Waals surface area contributed by atoms with Crippen LogP contribution in [0.25, 0.3) is 10.9 Å². The lowest BCUT2D eigenvalue weighted by Gasteiger charge is -2.12. The van der Waals surface area contributed by atoms with E-state index >= 15 is 0 Å². The Morgan fingerprint density at radius 1 is 1.07 bits per heavy atom. The number of rotatable bonds is 11. The molecule has 0 unspecified atom stereocenters. The molecule has 5 nitrogen and oxygen atoms in total. The van der Waals surface area contributed by atoms with Crippen LogP contribution in [0, 0.1) is 0 Å². The van der Waals surface area contributed by atoms with Crippen molar-refractivity contribution >= 4 is 40.8 Å². The van der Waals surface area contributed by atoms with Gasteiger partial charge in [0.1, 0.15) is 0 Å². The second kappa shape index (κ2) is 14.6. The first-order valence-electron chi connectivity index (χ1n) is 9.77. The van der Waals surface area contributed by atoms with Gasteiger partial charge in [-0.25, -0.2) is 0 Å². The van der Waals surface area contributed by atoms with Crippen molar-refractivity contribution < 1.29 is 4.74 Å². The summed E-state index contributed by atoms with van der Waals surface area (Å²) in [5.74, 6) is 0.870. The van der Waals surface area contributed by atoms with Crippen LogP contribution in [-0.4, -0.2) is 43.8 Å². The number of nitrogens with zero attached hydrogens (tertiary/aromatic N) is 2. The van der Waals surface area contributed by atoms with E-state index in [0.717, 1.165) is 63.6 Å². The molecule has 0 fully saturated rings. The van der Waals surface area contributed by atoms with E-state index in [9.17, 15) is 0 Å². The molecule has 27 heavy (non-hydrogen) atoms. The molecule has 2 aromatic rings. The fourth-order valence-electron chi connectivity index (χ4n) is 2.73. The Morgan fingerprint density at radius 3 is 2.70 bits per heavy atom. The van der Waals surface area contributed by atoms with E-state index in [2.05, 4.69) is 58.7 Å². The average Bonchev–Trinajstić information content (AvgIpc) is 2.67. The zero-order valence-electron chi connectivity index (χ0n) is 16.5. The zero-order valence-corrected chi connectivity index (χ0v) is 18.9. The lowest BCUT2D eigenvalue weighted by molar-refractivity contribution is 0.130. The molecular formula is C21H33IN4O. The molecule has 1 aromatic carbocycles. The van der Waals surface area contributed by atoms with Gasteiger partial charge in [0.05, 0.1) is 5.52 Å². The first kappa shape index (κ1) is 23.6. The van der Waals surface area contributed by atoms with Crippen LogP contribution in [0.1, 0.15) is 38.7 Å². The van der Waals surface area contributed by atoms with Gasteiger partial charge in [0, 0.05) is 44.4 Å². The minimum Gasteiger partial charge on any atom is -0.381 e. The third-order valence-corrected chi connectivity index (χ3v) is 4.11. The lowest BCUT2D eigenvalue weighted by Crippen LogP contribution is -2.38. The smallest absolute Gasteiger partial charge is 0.191 e. The van der Waals surface area contributed by atoms with Crippen molar-refractivity contribution in [2.45, 2.75) is 39.5 Å². The van der Waals surface area contributed by atoms with Crippen LogP contribution < -0.4 is 10.6 Å². The first-order chi connectivity index (χ1) is 12.8. The molecule has 0 bridgehead atoms. The van der Waals surface area contributed by atoms with Crippen molar-refractivity contribution in [3.63, 3.8) is 0 Å². The van der Waals surface area contributed by atoms with Gasteiger partial charge in [-0.05, 0) is 37.8 Å². The van der Waals surface area contributed by atoms with Gasteiger partial charge in [0.15, 0.2) is 5.96 Å². The molecule has 150 valence electrons. The van der Waals surface area contributed by atoms with Crippen LogP contribution in [0.3, 0.4) is 0 Å². The van der Waals surface area contributed by atoms with E-state index in [0.29, 0.717) is 0 Å². The predicted octanol–water partition coefficient (Wildman–Crippen LogP) is 4.16. The van der Waals surface area contributed by atoms with Crippen molar-refractivity contribution in [2.75, 3.05) is 32.8 Å². The Kier molecular flexibility index (Phi) is 12.8. The second-order valence-corrected chi connectivity index (χ2v) is 6.25. The molecule has 0 radical (unpaired) electrons. The number of aliphatic imine (C=N–C) groups is 1. The maximum absolute atomic E-state index is 5.58. The van der Waals surface area contributed by atoms with Gasteiger partial charge in [-0.2, -0.15) is 0 Å². The summed E-state index contributed by atoms with van der Waals surface area (Å²) in [6.07, 6.45) is 6.04. The SMILES string of the molecule is CCCCOCCCN=C(NCC)NCCc1cccc2cccnc12.I. The summed E-state index contributed by atoms with van der Waals surface area (Å²) in [6.45, 7) is 8.36. The maximum atomic E-state index is 5.58. The quantitative estimate of drug-likeness (QED) is 0.218. The molecule has 0 aliphatic carbocycles. The number of unbranched alkanes of at least 4 members (excludes halogenated alkanes) is 1. The highest BCUT2D eigenvalue weighted by molar-refractivity contribution is 14.0. The molecule has 6 heteroatoms. The van der Waals surface area contributed by atoms with Crippen LogP contribution in [0.4, 0.5) is 0 Å². The number of hydrogen-bond acceptors (Lipinski definition) is 3. The van der Waals surface area contributed by atoms with Gasteiger partial charge >= 0.3 is 0 Å². The second-order valence-electron chi connectivity index (χ2n) is 6.25. The number of pyridine rings is 1. The van der Waals surface area contributed by atoms with E-state index in [1.54, 1.807) is 0 Å². The number of nitrogens with one attached hydrogen (secondary N) is 2. The monoisotopic (exact) mass is 484 g/mol. The predicted molar refractivity (Wildman–Crippen MR) is 125 cm³/mol. The molecule has 0 aliphatic rings. The summed E-state index contributed by atoms with van der Waals surface area (Å²) >= 11 is 0. The zero-order chi connectivity index (χ0) is 18.5. The minimum absolute atomic E-state index is 0. The Morgan fingerprint density at radius 2 is 1.89 bits per heavy atom. The van der Waals surface area contributed by atoms with E-state index < -0.39 is 0 Å². The number of ether oxygens (including phenoxy) is 1. The van der Waals surface area contributed by atoms with Crippen LogP contribution in [-0.2, 0) is 11.2 Å². The molecular weight excluding hydrogens is 451 g/mol. The van der Waals surface area contributed by atoms with Crippen molar-refractivity contribution in [3.8, 4) is 0 Å². The molecule has 0 aliphatic heterocycles. The molecule has 0 saturated heterocycles. The molecule has 0 amide bonds.